The van der Waals surface area contributed by atoms with Crippen LogP contribution in [-0.2, 0) is 9.53 Å². The van der Waals surface area contributed by atoms with Gasteiger partial charge >= 0.3 is 5.97 Å². The first-order valence-electron chi connectivity index (χ1n) is 13.2. The molecule has 3 nitrogen and oxygen atoms in total. The van der Waals surface area contributed by atoms with E-state index in [1.807, 2.05) is 32.9 Å². The number of ether oxygens (including phenoxy) is 1. The van der Waals surface area contributed by atoms with E-state index >= 15 is 0 Å². The summed E-state index contributed by atoms with van der Waals surface area (Å²) in [5, 5.41) is 0. The summed E-state index contributed by atoms with van der Waals surface area (Å²) in [6.07, 6.45) is 11.1. The molecular formula is C30H50O3. The Morgan fingerprint density at radius 3 is 1.91 bits per heavy atom. The Morgan fingerprint density at radius 1 is 0.879 bits per heavy atom. The molecule has 188 valence electrons. The van der Waals surface area contributed by atoms with E-state index in [2.05, 4.69) is 34.6 Å². The zero-order valence-electron chi connectivity index (χ0n) is 22.8. The third-order valence-electron chi connectivity index (χ3n) is 6.37. The maximum absolute atomic E-state index is 13.6. The number of carbonyl (C=O) groups excluding carboxylic acids is 2. The predicted octanol–water partition coefficient (Wildman–Crippen LogP) is 8.56. The van der Waals surface area contributed by atoms with Gasteiger partial charge in [0.05, 0.1) is 6.61 Å². The van der Waals surface area contributed by atoms with Crippen LogP contribution in [0.2, 0.25) is 0 Å². The van der Waals surface area contributed by atoms with Gasteiger partial charge in [0.2, 0.25) is 0 Å². The first kappa shape index (κ1) is 29.4. The molecular weight excluding hydrogens is 408 g/mol. The SMILES string of the molecule is CCCCCCCCCCOC(=O)C(CC(C)CC(C)(C)C)C(=O)c1c(C)cc(C)cc1C. The molecule has 33 heavy (non-hydrogen) atoms. The normalized spacial score (nSPS) is 13.6. The van der Waals surface area contributed by atoms with Crippen molar-refractivity contribution in [2.24, 2.45) is 17.3 Å². The lowest BCUT2D eigenvalue weighted by Crippen LogP contribution is -2.30. The average Bonchev–Trinajstić information content (AvgIpc) is 2.68. The van der Waals surface area contributed by atoms with Gasteiger partial charge in [0.1, 0.15) is 5.92 Å². The third-order valence-corrected chi connectivity index (χ3v) is 6.37. The molecule has 0 heterocycles. The molecule has 1 aromatic rings. The molecule has 0 saturated heterocycles. The highest BCUT2D eigenvalue weighted by Gasteiger charge is 2.33. The van der Waals surface area contributed by atoms with Gasteiger partial charge in [-0.3, -0.25) is 9.59 Å². The summed E-state index contributed by atoms with van der Waals surface area (Å²) >= 11 is 0. The van der Waals surface area contributed by atoms with Crippen molar-refractivity contribution in [1.82, 2.24) is 0 Å². The summed E-state index contributed by atoms with van der Waals surface area (Å²) in [5.41, 5.74) is 3.88. The van der Waals surface area contributed by atoms with Crippen LogP contribution in [-0.4, -0.2) is 18.4 Å². The van der Waals surface area contributed by atoms with Crippen molar-refractivity contribution in [2.75, 3.05) is 6.61 Å². The lowest BCUT2D eigenvalue weighted by molar-refractivity contribution is -0.147. The third kappa shape index (κ3) is 11.4. The molecule has 0 N–H and O–H groups in total. The molecule has 0 aliphatic rings. The van der Waals surface area contributed by atoms with Crippen LogP contribution in [0.4, 0.5) is 0 Å². The van der Waals surface area contributed by atoms with E-state index in [4.69, 9.17) is 4.74 Å². The van der Waals surface area contributed by atoms with Gasteiger partial charge in [-0.2, -0.15) is 0 Å². The van der Waals surface area contributed by atoms with Gasteiger partial charge in [0.25, 0.3) is 0 Å². The summed E-state index contributed by atoms with van der Waals surface area (Å²) < 4.78 is 5.67. The van der Waals surface area contributed by atoms with E-state index in [-0.39, 0.29) is 23.1 Å². The molecule has 0 aliphatic heterocycles. The summed E-state index contributed by atoms with van der Waals surface area (Å²) in [5.74, 6) is -0.882. The molecule has 2 atom stereocenters. The number of unbranched alkanes of at least 4 members (excludes halogenated alkanes) is 7. The highest BCUT2D eigenvalue weighted by Crippen LogP contribution is 2.31. The number of hydrogen-bond acceptors (Lipinski definition) is 3. The predicted molar refractivity (Wildman–Crippen MR) is 140 cm³/mol. The molecule has 2 unspecified atom stereocenters. The minimum absolute atomic E-state index is 0.0771. The monoisotopic (exact) mass is 458 g/mol. The van der Waals surface area contributed by atoms with Gasteiger partial charge in [-0.25, -0.2) is 0 Å². The Labute approximate surface area is 204 Å². The largest absolute Gasteiger partial charge is 0.465 e. The number of Topliss-reactive ketones (excluding diaryl/α,β-unsaturated/α-hetero) is 1. The lowest BCUT2D eigenvalue weighted by Gasteiger charge is -2.26. The van der Waals surface area contributed by atoms with E-state index in [9.17, 15) is 9.59 Å². The van der Waals surface area contributed by atoms with Crippen LogP contribution >= 0.6 is 0 Å². The van der Waals surface area contributed by atoms with Crippen molar-refractivity contribution in [2.45, 2.75) is 120 Å². The van der Waals surface area contributed by atoms with E-state index < -0.39 is 5.92 Å². The number of hydrogen-bond donors (Lipinski definition) is 0. The van der Waals surface area contributed by atoms with Gasteiger partial charge in [0.15, 0.2) is 5.78 Å². The highest BCUT2D eigenvalue weighted by molar-refractivity contribution is 6.10. The molecule has 3 heteroatoms. The number of carbonyl (C=O) groups is 2. The first-order chi connectivity index (χ1) is 15.5. The van der Waals surface area contributed by atoms with Crippen LogP contribution in [0.25, 0.3) is 0 Å². The molecule has 0 bridgehead atoms. The standard InChI is InChI=1S/C30H50O3/c1-9-10-11-12-13-14-15-16-17-33-29(32)26(20-23(3)21-30(6,7)8)28(31)27-24(4)18-22(2)19-25(27)5/h18-19,23,26H,9-17,20-21H2,1-8H3. The number of rotatable bonds is 15. The number of benzene rings is 1. The maximum atomic E-state index is 13.6. The molecule has 0 fully saturated rings. The van der Waals surface area contributed by atoms with Crippen LogP contribution in [0.1, 0.15) is 126 Å². The molecule has 0 spiro atoms. The summed E-state index contributed by atoms with van der Waals surface area (Å²) in [4.78, 5) is 26.7. The Bertz CT molecular complexity index is 718. The number of esters is 1. The zero-order chi connectivity index (χ0) is 25.0. The smallest absolute Gasteiger partial charge is 0.316 e. The van der Waals surface area contributed by atoms with Crippen molar-refractivity contribution >= 4 is 11.8 Å². The number of ketones is 1. The quantitative estimate of drug-likeness (QED) is 0.114. The molecule has 0 saturated carbocycles. The maximum Gasteiger partial charge on any atom is 0.316 e. The molecule has 0 aliphatic carbocycles. The Hall–Kier alpha value is -1.64. The zero-order valence-corrected chi connectivity index (χ0v) is 22.8. The summed E-state index contributed by atoms with van der Waals surface area (Å²) in [6, 6.07) is 4.06. The number of aryl methyl sites for hydroxylation is 3. The fourth-order valence-electron chi connectivity index (χ4n) is 5.09. The topological polar surface area (TPSA) is 43.4 Å². The molecule has 0 aromatic heterocycles. The molecule has 1 rings (SSSR count). The molecule has 0 amide bonds. The fraction of sp³-hybridized carbons (Fsp3) is 0.733. The summed E-state index contributed by atoms with van der Waals surface area (Å²) in [7, 11) is 0. The van der Waals surface area contributed by atoms with Crippen LogP contribution in [0.5, 0.6) is 0 Å². The van der Waals surface area contributed by atoms with E-state index in [0.717, 1.165) is 36.0 Å². The molecule has 1 aromatic carbocycles. The highest BCUT2D eigenvalue weighted by atomic mass is 16.5. The van der Waals surface area contributed by atoms with Gasteiger partial charge in [-0.15, -0.1) is 0 Å². The molecule has 0 radical (unpaired) electrons. The van der Waals surface area contributed by atoms with Gasteiger partial charge in [0, 0.05) is 5.56 Å². The Morgan fingerprint density at radius 2 is 1.39 bits per heavy atom. The fourth-order valence-corrected chi connectivity index (χ4v) is 5.09. The Balaban J connectivity index is 2.78. The van der Waals surface area contributed by atoms with E-state index in [1.165, 1.54) is 38.5 Å². The minimum Gasteiger partial charge on any atom is -0.465 e. The van der Waals surface area contributed by atoms with Crippen LogP contribution in [0, 0.1) is 38.0 Å². The van der Waals surface area contributed by atoms with Crippen molar-refractivity contribution in [1.29, 1.82) is 0 Å². The van der Waals surface area contributed by atoms with Gasteiger partial charge < -0.3 is 4.74 Å². The lowest BCUT2D eigenvalue weighted by atomic mass is 9.79. The average molecular weight is 459 g/mol. The first-order valence-corrected chi connectivity index (χ1v) is 13.2. The Kier molecular flexibility index (Phi) is 13.0. The van der Waals surface area contributed by atoms with Crippen LogP contribution < -0.4 is 0 Å². The summed E-state index contributed by atoms with van der Waals surface area (Å²) in [6.45, 7) is 17.4. The van der Waals surface area contributed by atoms with E-state index in [0.29, 0.717) is 18.6 Å². The van der Waals surface area contributed by atoms with Crippen molar-refractivity contribution in [3.63, 3.8) is 0 Å². The van der Waals surface area contributed by atoms with Crippen LogP contribution in [0.3, 0.4) is 0 Å². The van der Waals surface area contributed by atoms with Gasteiger partial charge in [-0.05, 0) is 62.5 Å². The van der Waals surface area contributed by atoms with Gasteiger partial charge in [-0.1, -0.05) is 97.3 Å². The van der Waals surface area contributed by atoms with E-state index in [1.54, 1.807) is 0 Å². The second-order valence-electron chi connectivity index (χ2n) is 11.4. The minimum atomic E-state index is -0.725. The van der Waals surface area contributed by atoms with Crippen molar-refractivity contribution in [3.05, 3.63) is 34.4 Å². The second-order valence-corrected chi connectivity index (χ2v) is 11.4. The van der Waals surface area contributed by atoms with Crippen molar-refractivity contribution < 1.29 is 14.3 Å². The second kappa shape index (κ2) is 14.6. The van der Waals surface area contributed by atoms with Crippen molar-refractivity contribution in [3.8, 4) is 0 Å². The van der Waals surface area contributed by atoms with Crippen LogP contribution in [0.15, 0.2) is 12.1 Å².